The summed E-state index contributed by atoms with van der Waals surface area (Å²) in [5.74, 6) is 0.958. The second kappa shape index (κ2) is 4.44. The van der Waals surface area contributed by atoms with E-state index < -0.39 is 0 Å². The van der Waals surface area contributed by atoms with Crippen LogP contribution in [0.2, 0.25) is 0 Å². The summed E-state index contributed by atoms with van der Waals surface area (Å²) >= 11 is 0. The highest BCUT2D eigenvalue weighted by Gasteiger charge is 2.41. The molecule has 0 amide bonds. The highest BCUT2D eigenvalue weighted by molar-refractivity contribution is 5.53. The fourth-order valence-electron chi connectivity index (χ4n) is 2.42. The molecule has 1 fully saturated rings. The Bertz CT molecular complexity index is 443. The van der Waals surface area contributed by atoms with Gasteiger partial charge in [-0.05, 0) is 36.6 Å². The zero-order valence-corrected chi connectivity index (χ0v) is 10.5. The topological polar surface area (TPSA) is 67.5 Å². The molecule has 1 aromatic rings. The lowest BCUT2D eigenvalue weighted by Crippen LogP contribution is -2.24. The van der Waals surface area contributed by atoms with E-state index in [1.165, 1.54) is 5.56 Å². The lowest BCUT2D eigenvalue weighted by molar-refractivity contribution is 0.220. The molecule has 0 spiro atoms. The number of nitrogens with one attached hydrogen (secondary N) is 1. The average molecular weight is 248 g/mol. The summed E-state index contributed by atoms with van der Waals surface area (Å²) < 4.78 is 5.70. The predicted molar refractivity (Wildman–Crippen MR) is 70.9 cm³/mol. The number of aliphatic hydroxyl groups excluding tert-OH is 1. The summed E-state index contributed by atoms with van der Waals surface area (Å²) in [6.07, 6.45) is 3.27. The fourth-order valence-corrected chi connectivity index (χ4v) is 2.42. The third-order valence-electron chi connectivity index (χ3n) is 4.02. The van der Waals surface area contributed by atoms with E-state index in [4.69, 9.17) is 10.5 Å². The van der Waals surface area contributed by atoms with Gasteiger partial charge in [0.25, 0.3) is 0 Å². The van der Waals surface area contributed by atoms with Crippen LogP contribution < -0.4 is 15.8 Å². The van der Waals surface area contributed by atoms with Gasteiger partial charge in [0.2, 0.25) is 0 Å². The molecule has 1 aliphatic carbocycles. The third-order valence-corrected chi connectivity index (χ3v) is 4.02. The highest BCUT2D eigenvalue weighted by Crippen LogP contribution is 2.45. The van der Waals surface area contributed by atoms with E-state index in [0.29, 0.717) is 6.54 Å². The van der Waals surface area contributed by atoms with E-state index in [1.54, 1.807) is 0 Å². The number of hydrogen-bond donors (Lipinski definition) is 3. The van der Waals surface area contributed by atoms with E-state index in [9.17, 15) is 5.11 Å². The summed E-state index contributed by atoms with van der Waals surface area (Å²) in [7, 11) is 0. The Kier molecular flexibility index (Phi) is 2.92. The van der Waals surface area contributed by atoms with E-state index in [-0.39, 0.29) is 18.1 Å². The maximum Gasteiger partial charge on any atom is 0.123 e. The minimum atomic E-state index is 0.127. The fraction of sp³-hybridized carbons (Fsp3) is 0.571. The van der Waals surface area contributed by atoms with Crippen molar-refractivity contribution in [3.05, 3.63) is 23.8 Å². The molecule has 1 aromatic carbocycles. The van der Waals surface area contributed by atoms with Crippen LogP contribution in [0.1, 0.15) is 18.4 Å². The molecule has 0 aromatic heterocycles. The Hall–Kier alpha value is -1.26. The average Bonchev–Trinajstić information content (AvgIpc) is 3.07. The molecule has 0 radical (unpaired) electrons. The summed E-state index contributed by atoms with van der Waals surface area (Å²) in [6, 6.07) is 6.18. The Morgan fingerprint density at radius 3 is 2.94 bits per heavy atom. The van der Waals surface area contributed by atoms with Crippen molar-refractivity contribution in [2.24, 2.45) is 11.1 Å². The number of rotatable bonds is 5. The summed E-state index contributed by atoms with van der Waals surface area (Å²) in [5.41, 5.74) is 8.09. The van der Waals surface area contributed by atoms with Crippen LogP contribution in [0.5, 0.6) is 5.75 Å². The first kappa shape index (κ1) is 11.8. The zero-order chi connectivity index (χ0) is 12.6. The molecule has 1 heterocycles. The lowest BCUT2D eigenvalue weighted by atomic mass is 10.1. The second-order valence-electron chi connectivity index (χ2n) is 5.51. The van der Waals surface area contributed by atoms with E-state index >= 15 is 0 Å². The number of nitrogens with two attached hydrogens (primary N) is 1. The zero-order valence-electron chi connectivity index (χ0n) is 10.5. The Labute approximate surface area is 107 Å². The SMILES string of the molecule is NCC1Cc2cc(NCC3(CO)CC3)ccc2O1. The van der Waals surface area contributed by atoms with E-state index in [0.717, 1.165) is 37.2 Å². The number of ether oxygens (including phenoxy) is 1. The molecular weight excluding hydrogens is 228 g/mol. The number of hydrogen-bond acceptors (Lipinski definition) is 4. The first-order valence-electron chi connectivity index (χ1n) is 6.59. The minimum Gasteiger partial charge on any atom is -0.488 e. The van der Waals surface area contributed by atoms with Crippen molar-refractivity contribution in [1.82, 2.24) is 0 Å². The van der Waals surface area contributed by atoms with E-state index in [1.807, 2.05) is 12.1 Å². The first-order valence-corrected chi connectivity index (χ1v) is 6.59. The van der Waals surface area contributed by atoms with Crippen LogP contribution in [0.25, 0.3) is 0 Å². The normalized spacial score (nSPS) is 23.3. The van der Waals surface area contributed by atoms with Gasteiger partial charge in [0, 0.05) is 30.6 Å². The predicted octanol–water partition coefficient (Wildman–Crippen LogP) is 1.13. The van der Waals surface area contributed by atoms with Gasteiger partial charge in [-0.3, -0.25) is 0 Å². The van der Waals surface area contributed by atoms with Crippen LogP contribution in [0.15, 0.2) is 18.2 Å². The van der Waals surface area contributed by atoms with Crippen LogP contribution in [0.4, 0.5) is 5.69 Å². The highest BCUT2D eigenvalue weighted by atomic mass is 16.5. The van der Waals surface area contributed by atoms with Crippen molar-refractivity contribution in [3.8, 4) is 5.75 Å². The van der Waals surface area contributed by atoms with Crippen LogP contribution in [-0.2, 0) is 6.42 Å². The monoisotopic (exact) mass is 248 g/mol. The maximum absolute atomic E-state index is 9.28. The molecule has 98 valence electrons. The van der Waals surface area contributed by atoms with Gasteiger partial charge >= 0.3 is 0 Å². The van der Waals surface area contributed by atoms with Crippen molar-refractivity contribution in [2.75, 3.05) is 25.0 Å². The number of fused-ring (bicyclic) bond motifs is 1. The van der Waals surface area contributed by atoms with Gasteiger partial charge in [0.1, 0.15) is 11.9 Å². The molecule has 3 rings (SSSR count). The summed E-state index contributed by atoms with van der Waals surface area (Å²) in [4.78, 5) is 0. The Morgan fingerprint density at radius 2 is 2.28 bits per heavy atom. The van der Waals surface area contributed by atoms with Gasteiger partial charge in [0.15, 0.2) is 0 Å². The van der Waals surface area contributed by atoms with Crippen LogP contribution >= 0.6 is 0 Å². The van der Waals surface area contributed by atoms with Gasteiger partial charge in [0.05, 0.1) is 6.61 Å². The molecule has 4 N–H and O–H groups in total. The van der Waals surface area contributed by atoms with Gasteiger partial charge in [-0.25, -0.2) is 0 Å². The molecule has 1 atom stereocenters. The number of aliphatic hydroxyl groups is 1. The molecule has 0 bridgehead atoms. The van der Waals surface area contributed by atoms with Crippen molar-refractivity contribution < 1.29 is 9.84 Å². The smallest absolute Gasteiger partial charge is 0.123 e. The molecule has 1 aliphatic heterocycles. The maximum atomic E-state index is 9.28. The molecule has 1 saturated carbocycles. The largest absolute Gasteiger partial charge is 0.488 e. The molecular formula is C14H20N2O2. The van der Waals surface area contributed by atoms with Crippen LogP contribution in [-0.4, -0.2) is 30.9 Å². The molecule has 4 nitrogen and oxygen atoms in total. The minimum absolute atomic E-state index is 0.127. The third kappa shape index (κ3) is 2.18. The van der Waals surface area contributed by atoms with E-state index in [2.05, 4.69) is 11.4 Å². The second-order valence-corrected chi connectivity index (χ2v) is 5.51. The summed E-state index contributed by atoms with van der Waals surface area (Å²) in [5, 5.41) is 12.7. The molecule has 4 heteroatoms. The standard InChI is InChI=1S/C14H20N2O2/c15-7-12-6-10-5-11(1-2-13(10)18-12)16-8-14(9-17)3-4-14/h1-2,5,12,16-17H,3-4,6-9,15H2. The van der Waals surface area contributed by atoms with Crippen molar-refractivity contribution in [3.63, 3.8) is 0 Å². The van der Waals surface area contributed by atoms with Crippen molar-refractivity contribution >= 4 is 5.69 Å². The molecule has 18 heavy (non-hydrogen) atoms. The Balaban J connectivity index is 1.65. The number of anilines is 1. The lowest BCUT2D eigenvalue weighted by Gasteiger charge is -2.14. The first-order chi connectivity index (χ1) is 8.74. The number of benzene rings is 1. The van der Waals surface area contributed by atoms with Gasteiger partial charge in [-0.1, -0.05) is 0 Å². The Morgan fingerprint density at radius 1 is 1.44 bits per heavy atom. The van der Waals surface area contributed by atoms with Gasteiger partial charge in [-0.2, -0.15) is 0 Å². The van der Waals surface area contributed by atoms with Crippen LogP contribution in [0.3, 0.4) is 0 Å². The van der Waals surface area contributed by atoms with Gasteiger partial charge < -0.3 is 20.9 Å². The quantitative estimate of drug-likeness (QED) is 0.731. The van der Waals surface area contributed by atoms with Crippen LogP contribution in [0, 0.1) is 5.41 Å². The molecule has 1 unspecified atom stereocenters. The van der Waals surface area contributed by atoms with Gasteiger partial charge in [-0.15, -0.1) is 0 Å². The summed E-state index contributed by atoms with van der Waals surface area (Å²) in [6.45, 7) is 1.69. The van der Waals surface area contributed by atoms with Crippen molar-refractivity contribution in [2.45, 2.75) is 25.4 Å². The molecule has 2 aliphatic rings. The molecule has 0 saturated heterocycles. The van der Waals surface area contributed by atoms with Crippen molar-refractivity contribution in [1.29, 1.82) is 0 Å².